The third kappa shape index (κ3) is 1.59. The molecule has 0 aliphatic heterocycles. The number of carboxylic acid groups (broad SMARTS) is 1. The molecular formula is C14H14BrNO2. The number of benzene rings is 1. The number of aromatic nitrogens is 1. The molecule has 0 saturated heterocycles. The Morgan fingerprint density at radius 3 is 2.72 bits per heavy atom. The lowest BCUT2D eigenvalue weighted by Crippen LogP contribution is -2.32. The van der Waals surface area contributed by atoms with Crippen LogP contribution in [0.3, 0.4) is 0 Å². The molecule has 1 saturated carbocycles. The number of aliphatic carboxylic acids is 1. The maximum atomic E-state index is 11.7. The second kappa shape index (κ2) is 4.12. The molecule has 1 aliphatic carbocycles. The first-order valence-corrected chi connectivity index (χ1v) is 6.93. The van der Waals surface area contributed by atoms with Crippen molar-refractivity contribution in [3.05, 3.63) is 34.4 Å². The summed E-state index contributed by atoms with van der Waals surface area (Å²) in [4.78, 5) is 14.8. The Morgan fingerprint density at radius 2 is 2.06 bits per heavy atom. The van der Waals surface area contributed by atoms with Crippen LogP contribution in [-0.4, -0.2) is 16.1 Å². The molecule has 1 aromatic carbocycles. The molecule has 0 radical (unpaired) electrons. The molecule has 3 nitrogen and oxygen atoms in total. The SMILES string of the molecule is O=C(O)C1(c2ccc3[nH]cc(Br)c3c2)CCCC1. The topological polar surface area (TPSA) is 53.1 Å². The van der Waals surface area contributed by atoms with Gasteiger partial charge in [-0.1, -0.05) is 18.9 Å². The van der Waals surface area contributed by atoms with Crippen LogP contribution in [0.1, 0.15) is 31.2 Å². The number of rotatable bonds is 2. The van der Waals surface area contributed by atoms with Crippen molar-refractivity contribution in [2.24, 2.45) is 0 Å². The van der Waals surface area contributed by atoms with E-state index in [0.717, 1.165) is 46.6 Å². The van der Waals surface area contributed by atoms with Gasteiger partial charge in [0.25, 0.3) is 0 Å². The minimum Gasteiger partial charge on any atom is -0.481 e. The van der Waals surface area contributed by atoms with Gasteiger partial charge in [0.2, 0.25) is 0 Å². The molecule has 3 rings (SSSR count). The lowest BCUT2D eigenvalue weighted by molar-refractivity contribution is -0.143. The minimum absolute atomic E-state index is 0.676. The number of carboxylic acids is 1. The first kappa shape index (κ1) is 11.8. The third-order valence-corrected chi connectivity index (χ3v) is 4.71. The Kier molecular flexibility index (Phi) is 2.70. The van der Waals surface area contributed by atoms with E-state index in [-0.39, 0.29) is 0 Å². The minimum atomic E-state index is -0.689. The Hall–Kier alpha value is -1.29. The second-order valence-corrected chi connectivity index (χ2v) is 5.85. The number of fused-ring (bicyclic) bond motifs is 1. The van der Waals surface area contributed by atoms with Crippen LogP contribution in [-0.2, 0) is 10.2 Å². The van der Waals surface area contributed by atoms with Gasteiger partial charge in [0.1, 0.15) is 0 Å². The maximum absolute atomic E-state index is 11.7. The Morgan fingerprint density at radius 1 is 1.33 bits per heavy atom. The molecule has 1 fully saturated rings. The summed E-state index contributed by atoms with van der Waals surface area (Å²) >= 11 is 3.49. The van der Waals surface area contributed by atoms with Crippen LogP contribution in [0.25, 0.3) is 10.9 Å². The fourth-order valence-electron chi connectivity index (χ4n) is 2.99. The molecule has 94 valence electrons. The zero-order valence-corrected chi connectivity index (χ0v) is 11.5. The average Bonchev–Trinajstić information content (AvgIpc) is 2.97. The lowest BCUT2D eigenvalue weighted by Gasteiger charge is -2.24. The van der Waals surface area contributed by atoms with Crippen molar-refractivity contribution in [3.63, 3.8) is 0 Å². The van der Waals surface area contributed by atoms with Gasteiger partial charge >= 0.3 is 5.97 Å². The Bertz CT molecular complexity index is 611. The van der Waals surface area contributed by atoms with E-state index in [4.69, 9.17) is 0 Å². The van der Waals surface area contributed by atoms with E-state index in [0.29, 0.717) is 0 Å². The van der Waals surface area contributed by atoms with E-state index in [2.05, 4.69) is 20.9 Å². The summed E-state index contributed by atoms with van der Waals surface area (Å²) in [5.74, 6) is -0.689. The quantitative estimate of drug-likeness (QED) is 0.886. The van der Waals surface area contributed by atoms with Crippen LogP contribution in [0.2, 0.25) is 0 Å². The number of carbonyl (C=O) groups is 1. The number of H-pyrrole nitrogens is 1. The standard InChI is InChI=1S/C14H14BrNO2/c15-11-8-16-12-4-3-9(7-10(11)12)14(13(17)18)5-1-2-6-14/h3-4,7-8,16H,1-2,5-6H2,(H,17,18). The lowest BCUT2D eigenvalue weighted by atomic mass is 9.78. The maximum Gasteiger partial charge on any atom is 0.314 e. The number of hydrogen-bond acceptors (Lipinski definition) is 1. The van der Waals surface area contributed by atoms with E-state index in [1.165, 1.54) is 0 Å². The summed E-state index contributed by atoms with van der Waals surface area (Å²) in [6.45, 7) is 0. The highest BCUT2D eigenvalue weighted by atomic mass is 79.9. The van der Waals surface area contributed by atoms with Gasteiger partial charge in [-0.2, -0.15) is 0 Å². The van der Waals surface area contributed by atoms with Gasteiger partial charge in [-0.15, -0.1) is 0 Å². The third-order valence-electron chi connectivity index (χ3n) is 4.05. The molecule has 0 bridgehead atoms. The molecule has 1 aliphatic rings. The van der Waals surface area contributed by atoms with Crippen LogP contribution < -0.4 is 0 Å². The first-order chi connectivity index (χ1) is 8.63. The fourth-order valence-corrected chi connectivity index (χ4v) is 3.43. The molecule has 0 unspecified atom stereocenters. The molecule has 4 heteroatoms. The summed E-state index contributed by atoms with van der Waals surface area (Å²) < 4.78 is 0.984. The van der Waals surface area contributed by atoms with Gasteiger partial charge < -0.3 is 10.1 Å². The normalized spacial score (nSPS) is 18.3. The van der Waals surface area contributed by atoms with Gasteiger partial charge in [-0.3, -0.25) is 4.79 Å². The summed E-state index contributed by atoms with van der Waals surface area (Å²) in [5.41, 5.74) is 1.29. The molecule has 0 amide bonds. The zero-order valence-electron chi connectivity index (χ0n) is 9.87. The molecule has 1 aromatic heterocycles. The van der Waals surface area contributed by atoms with Gasteiger partial charge in [-0.05, 0) is 46.5 Å². The van der Waals surface area contributed by atoms with Gasteiger partial charge in [0.05, 0.1) is 5.41 Å². The molecule has 0 spiro atoms. The summed E-state index contributed by atoms with van der Waals surface area (Å²) in [7, 11) is 0. The van der Waals surface area contributed by atoms with Crippen molar-refractivity contribution in [1.82, 2.24) is 4.98 Å². The average molecular weight is 308 g/mol. The van der Waals surface area contributed by atoms with Gasteiger partial charge in [0.15, 0.2) is 0 Å². The molecule has 2 aromatic rings. The highest BCUT2D eigenvalue weighted by Crippen LogP contribution is 2.42. The largest absolute Gasteiger partial charge is 0.481 e. The van der Waals surface area contributed by atoms with Crippen LogP contribution >= 0.6 is 15.9 Å². The van der Waals surface area contributed by atoms with Crippen molar-refractivity contribution >= 4 is 32.8 Å². The molecule has 1 heterocycles. The summed E-state index contributed by atoms with van der Waals surface area (Å²) in [6, 6.07) is 5.93. The molecule has 2 N–H and O–H groups in total. The molecule has 18 heavy (non-hydrogen) atoms. The van der Waals surface area contributed by atoms with E-state index in [1.54, 1.807) is 0 Å². The van der Waals surface area contributed by atoms with Gasteiger partial charge in [0, 0.05) is 21.6 Å². The van der Waals surface area contributed by atoms with Crippen molar-refractivity contribution in [3.8, 4) is 0 Å². The highest BCUT2D eigenvalue weighted by Gasteiger charge is 2.42. The zero-order chi connectivity index (χ0) is 12.8. The van der Waals surface area contributed by atoms with E-state index >= 15 is 0 Å². The number of aromatic amines is 1. The smallest absolute Gasteiger partial charge is 0.314 e. The van der Waals surface area contributed by atoms with Gasteiger partial charge in [-0.25, -0.2) is 0 Å². The van der Waals surface area contributed by atoms with Crippen LogP contribution in [0.15, 0.2) is 28.9 Å². The van der Waals surface area contributed by atoms with Crippen molar-refractivity contribution in [2.75, 3.05) is 0 Å². The Labute approximate surface area is 113 Å². The van der Waals surface area contributed by atoms with Crippen molar-refractivity contribution in [1.29, 1.82) is 0 Å². The van der Waals surface area contributed by atoms with Crippen LogP contribution in [0.5, 0.6) is 0 Å². The highest BCUT2D eigenvalue weighted by molar-refractivity contribution is 9.10. The molecular weight excluding hydrogens is 294 g/mol. The summed E-state index contributed by atoms with van der Waals surface area (Å²) in [6.07, 6.45) is 5.37. The van der Waals surface area contributed by atoms with Crippen LogP contribution in [0.4, 0.5) is 0 Å². The summed E-state index contributed by atoms with van der Waals surface area (Å²) in [5, 5.41) is 10.6. The number of hydrogen-bond donors (Lipinski definition) is 2. The number of halogens is 1. The van der Waals surface area contributed by atoms with E-state index in [1.807, 2.05) is 24.4 Å². The predicted octanol–water partition coefficient (Wildman–Crippen LogP) is 3.83. The van der Waals surface area contributed by atoms with E-state index < -0.39 is 11.4 Å². The van der Waals surface area contributed by atoms with Crippen LogP contribution in [0, 0.1) is 0 Å². The Balaban J connectivity index is 2.17. The second-order valence-electron chi connectivity index (χ2n) is 4.99. The number of nitrogens with one attached hydrogen (secondary N) is 1. The predicted molar refractivity (Wildman–Crippen MR) is 73.8 cm³/mol. The molecule has 0 atom stereocenters. The first-order valence-electron chi connectivity index (χ1n) is 6.14. The van der Waals surface area contributed by atoms with Crippen molar-refractivity contribution in [2.45, 2.75) is 31.1 Å². The van der Waals surface area contributed by atoms with Crippen molar-refractivity contribution < 1.29 is 9.90 Å². The fraction of sp³-hybridized carbons (Fsp3) is 0.357. The van der Waals surface area contributed by atoms with E-state index in [9.17, 15) is 9.90 Å². The monoisotopic (exact) mass is 307 g/mol.